The van der Waals surface area contributed by atoms with E-state index in [1.54, 1.807) is 26.0 Å². The monoisotopic (exact) mass is 344 g/mol. The second kappa shape index (κ2) is 6.88. The molecule has 1 aromatic heterocycles. The Morgan fingerprint density at radius 3 is 2.40 bits per heavy atom. The first kappa shape index (κ1) is 17.5. The predicted octanol–water partition coefficient (Wildman–Crippen LogP) is 2.73. The van der Waals surface area contributed by atoms with Gasteiger partial charge >= 0.3 is 11.9 Å². The van der Waals surface area contributed by atoms with Crippen molar-refractivity contribution in [3.8, 4) is 0 Å². The molecule has 3 rings (SSSR count). The molecule has 0 radical (unpaired) electrons. The third kappa shape index (κ3) is 3.39. The van der Waals surface area contributed by atoms with E-state index >= 15 is 0 Å². The average molecular weight is 344 g/mol. The number of carbonyl (C=O) groups is 2. The van der Waals surface area contributed by atoms with Gasteiger partial charge in [-0.25, -0.2) is 9.59 Å². The van der Waals surface area contributed by atoms with Gasteiger partial charge in [-0.15, -0.1) is 0 Å². The third-order valence-corrected chi connectivity index (χ3v) is 4.78. The predicted molar refractivity (Wildman–Crippen MR) is 94.6 cm³/mol. The number of carbonyl (C=O) groups excluding carboxylic acids is 2. The number of ether oxygens (including phenoxy) is 2. The molecule has 2 aromatic rings. The Bertz CT molecular complexity index is 805. The minimum absolute atomic E-state index is 0.0348. The minimum atomic E-state index is -0.366. The lowest BCUT2D eigenvalue weighted by molar-refractivity contribution is 0.0509. The molecule has 0 aliphatic heterocycles. The highest BCUT2D eigenvalue weighted by Crippen LogP contribution is 2.47. The van der Waals surface area contributed by atoms with Gasteiger partial charge in [0.1, 0.15) is 5.69 Å². The second-order valence-corrected chi connectivity index (χ2v) is 6.53. The van der Waals surface area contributed by atoms with Crippen molar-refractivity contribution in [1.82, 2.24) is 4.57 Å². The van der Waals surface area contributed by atoms with Crippen LogP contribution in [0.25, 0.3) is 10.9 Å². The molecule has 1 fully saturated rings. The van der Waals surface area contributed by atoms with E-state index < -0.39 is 0 Å². The number of aromatic nitrogens is 1. The van der Waals surface area contributed by atoms with Crippen molar-refractivity contribution in [2.75, 3.05) is 19.8 Å². The standard InChI is InChI=1S/C19H24N2O4/c1-3-24-17(22)14-6-5-13-9-16(18(23)25-4-2)21(15(13)10-14)12-19(11-20)7-8-19/h5-6,9-10H,3-4,7-8,11-12,20H2,1-2H3. The molecule has 1 aliphatic rings. The van der Waals surface area contributed by atoms with Crippen molar-refractivity contribution in [3.63, 3.8) is 0 Å². The van der Waals surface area contributed by atoms with Crippen molar-refractivity contribution in [1.29, 1.82) is 0 Å². The highest BCUT2D eigenvalue weighted by Gasteiger charge is 2.42. The molecule has 0 amide bonds. The quantitative estimate of drug-likeness (QED) is 0.781. The maximum atomic E-state index is 12.4. The number of fused-ring (bicyclic) bond motifs is 1. The number of benzene rings is 1. The lowest BCUT2D eigenvalue weighted by Gasteiger charge is -2.17. The maximum absolute atomic E-state index is 12.4. The van der Waals surface area contributed by atoms with Gasteiger partial charge in [0.15, 0.2) is 0 Å². The summed E-state index contributed by atoms with van der Waals surface area (Å²) < 4.78 is 12.2. The molecule has 1 heterocycles. The Morgan fingerprint density at radius 1 is 1.12 bits per heavy atom. The molecule has 1 aliphatic carbocycles. The highest BCUT2D eigenvalue weighted by molar-refractivity contribution is 5.99. The smallest absolute Gasteiger partial charge is 0.354 e. The summed E-state index contributed by atoms with van der Waals surface area (Å²) in [5.74, 6) is -0.723. The van der Waals surface area contributed by atoms with E-state index in [0.717, 1.165) is 23.7 Å². The molecule has 0 saturated heterocycles. The summed E-state index contributed by atoms with van der Waals surface area (Å²) in [4.78, 5) is 24.4. The molecular weight excluding hydrogens is 320 g/mol. The Kier molecular flexibility index (Phi) is 4.81. The van der Waals surface area contributed by atoms with Gasteiger partial charge in [0.2, 0.25) is 0 Å². The number of nitrogens with zero attached hydrogens (tertiary/aromatic N) is 1. The largest absolute Gasteiger partial charge is 0.462 e. The van der Waals surface area contributed by atoms with E-state index in [1.165, 1.54) is 0 Å². The topological polar surface area (TPSA) is 83.6 Å². The minimum Gasteiger partial charge on any atom is -0.462 e. The number of nitrogens with two attached hydrogens (primary N) is 1. The molecule has 1 saturated carbocycles. The van der Waals surface area contributed by atoms with Crippen LogP contribution < -0.4 is 5.73 Å². The summed E-state index contributed by atoms with van der Waals surface area (Å²) in [6, 6.07) is 7.15. The van der Waals surface area contributed by atoms with Gasteiger partial charge in [0.05, 0.1) is 18.8 Å². The van der Waals surface area contributed by atoms with E-state index in [4.69, 9.17) is 15.2 Å². The number of hydrogen-bond donors (Lipinski definition) is 1. The van der Waals surface area contributed by atoms with Crippen LogP contribution in [0.3, 0.4) is 0 Å². The van der Waals surface area contributed by atoms with Crippen molar-refractivity contribution < 1.29 is 19.1 Å². The zero-order valence-electron chi connectivity index (χ0n) is 14.7. The molecule has 25 heavy (non-hydrogen) atoms. The van der Waals surface area contributed by atoms with Crippen LogP contribution in [0.5, 0.6) is 0 Å². The third-order valence-electron chi connectivity index (χ3n) is 4.78. The van der Waals surface area contributed by atoms with Crippen molar-refractivity contribution in [2.24, 2.45) is 11.1 Å². The first-order valence-electron chi connectivity index (χ1n) is 8.71. The summed E-state index contributed by atoms with van der Waals surface area (Å²) in [6.45, 7) is 5.42. The maximum Gasteiger partial charge on any atom is 0.354 e. The van der Waals surface area contributed by atoms with E-state index in [-0.39, 0.29) is 17.4 Å². The molecule has 6 nitrogen and oxygen atoms in total. The number of rotatable bonds is 7. The number of esters is 2. The van der Waals surface area contributed by atoms with Crippen LogP contribution >= 0.6 is 0 Å². The highest BCUT2D eigenvalue weighted by atomic mass is 16.5. The fourth-order valence-corrected chi connectivity index (χ4v) is 3.08. The molecule has 1 aromatic carbocycles. The molecule has 0 spiro atoms. The van der Waals surface area contributed by atoms with E-state index in [9.17, 15) is 9.59 Å². The lowest BCUT2D eigenvalue weighted by Crippen LogP contribution is -2.24. The van der Waals surface area contributed by atoms with Crippen molar-refractivity contribution >= 4 is 22.8 Å². The SMILES string of the molecule is CCOC(=O)c1ccc2cc(C(=O)OCC)n(CC3(CN)CC3)c2c1. The van der Waals surface area contributed by atoms with Crippen molar-refractivity contribution in [2.45, 2.75) is 33.2 Å². The van der Waals surface area contributed by atoms with Gasteiger partial charge in [-0.1, -0.05) is 6.07 Å². The first-order chi connectivity index (χ1) is 12.0. The number of hydrogen-bond acceptors (Lipinski definition) is 5. The fraction of sp³-hybridized carbons (Fsp3) is 0.474. The van der Waals surface area contributed by atoms with Crippen LogP contribution in [0.2, 0.25) is 0 Å². The summed E-state index contributed by atoms with van der Waals surface area (Å²) in [7, 11) is 0. The van der Waals surface area contributed by atoms with Crippen LogP contribution in [0.1, 0.15) is 47.5 Å². The summed E-state index contributed by atoms with van der Waals surface area (Å²) in [5.41, 5.74) is 7.76. The van der Waals surface area contributed by atoms with Crippen LogP contribution in [0.4, 0.5) is 0 Å². The Hall–Kier alpha value is -2.34. The molecule has 2 N–H and O–H groups in total. The Labute approximate surface area is 146 Å². The van der Waals surface area contributed by atoms with Gasteiger partial charge in [-0.3, -0.25) is 0 Å². The average Bonchev–Trinajstić information content (AvgIpc) is 3.30. The Morgan fingerprint density at radius 2 is 1.80 bits per heavy atom. The van der Waals surface area contributed by atoms with Crippen LogP contribution in [0.15, 0.2) is 24.3 Å². The second-order valence-electron chi connectivity index (χ2n) is 6.53. The normalized spacial score (nSPS) is 15.2. The Balaban J connectivity index is 2.08. The van der Waals surface area contributed by atoms with Gasteiger partial charge in [-0.2, -0.15) is 0 Å². The molecule has 0 bridgehead atoms. The molecule has 6 heteroatoms. The molecular formula is C19H24N2O4. The first-order valence-corrected chi connectivity index (χ1v) is 8.71. The van der Waals surface area contributed by atoms with Crippen LogP contribution in [-0.4, -0.2) is 36.3 Å². The van der Waals surface area contributed by atoms with E-state index in [1.807, 2.05) is 16.7 Å². The van der Waals surface area contributed by atoms with Gasteiger partial charge in [-0.05, 0) is 51.4 Å². The van der Waals surface area contributed by atoms with Gasteiger partial charge in [0, 0.05) is 22.9 Å². The lowest BCUT2D eigenvalue weighted by atomic mass is 10.1. The zero-order chi connectivity index (χ0) is 18.0. The van der Waals surface area contributed by atoms with Crippen LogP contribution in [-0.2, 0) is 16.0 Å². The fourth-order valence-electron chi connectivity index (χ4n) is 3.08. The zero-order valence-corrected chi connectivity index (χ0v) is 14.7. The van der Waals surface area contributed by atoms with Gasteiger partial charge in [0.25, 0.3) is 0 Å². The van der Waals surface area contributed by atoms with Gasteiger partial charge < -0.3 is 19.8 Å². The van der Waals surface area contributed by atoms with E-state index in [0.29, 0.717) is 37.6 Å². The van der Waals surface area contributed by atoms with Crippen molar-refractivity contribution in [3.05, 3.63) is 35.5 Å². The summed E-state index contributed by atoms with van der Waals surface area (Å²) >= 11 is 0. The van der Waals surface area contributed by atoms with E-state index in [2.05, 4.69) is 0 Å². The summed E-state index contributed by atoms with van der Waals surface area (Å²) in [5, 5.41) is 0.893. The molecule has 134 valence electrons. The summed E-state index contributed by atoms with van der Waals surface area (Å²) in [6.07, 6.45) is 2.09. The van der Waals surface area contributed by atoms with Crippen LogP contribution in [0, 0.1) is 5.41 Å². The molecule has 0 unspecified atom stereocenters. The molecule has 0 atom stereocenters.